The molecule has 0 saturated carbocycles. The molecule has 2 saturated heterocycles. The Labute approximate surface area is 247 Å². The van der Waals surface area contributed by atoms with Crippen molar-refractivity contribution < 1.29 is 27.5 Å². The van der Waals surface area contributed by atoms with Gasteiger partial charge in [-0.25, -0.2) is 17.6 Å². The molecule has 2 aliphatic heterocycles. The molecule has 1 amide bonds. The molecule has 2 aliphatic rings. The molecule has 2 aromatic carbocycles. The van der Waals surface area contributed by atoms with Crippen LogP contribution in [0.1, 0.15) is 30.1 Å². The van der Waals surface area contributed by atoms with Gasteiger partial charge in [0.1, 0.15) is 23.3 Å². The van der Waals surface area contributed by atoms with Crippen molar-refractivity contribution in [2.75, 3.05) is 41.3 Å². The van der Waals surface area contributed by atoms with Gasteiger partial charge in [-0.05, 0) is 49.1 Å². The highest BCUT2D eigenvalue weighted by Gasteiger charge is 2.29. The van der Waals surface area contributed by atoms with Gasteiger partial charge in [-0.2, -0.15) is 0 Å². The van der Waals surface area contributed by atoms with Crippen molar-refractivity contribution in [2.45, 2.75) is 31.9 Å². The van der Waals surface area contributed by atoms with Gasteiger partial charge in [0.15, 0.2) is 0 Å². The molecule has 222 valence electrons. The molecule has 0 aliphatic carbocycles. The smallest absolute Gasteiger partial charge is 0.258 e. The standard InChI is InChI=1S/C28H29F4N5O2.2ClH/c1-15-8-16(33)13-37(12-15)24-4-6-34-11-23(24)35-28(39)19-2-3-20(29)26(27(19)32)25-21(30)9-17(10-22(25)31)36-7-5-18(38)14-36;;/h2-4,6,9-11,15-16,18,38H,5,7-8,12-14,33H2,1H3,(H,35,39);2*1H/t15-,16+,18?;;/m1../s1. The molecule has 0 spiro atoms. The first-order valence-electron chi connectivity index (χ1n) is 12.8. The quantitative estimate of drug-likeness (QED) is 0.344. The molecule has 2 fully saturated rings. The molecule has 3 atom stereocenters. The van der Waals surface area contributed by atoms with E-state index in [4.69, 9.17) is 5.73 Å². The minimum absolute atomic E-state index is 0. The third-order valence-electron chi connectivity index (χ3n) is 7.22. The molecule has 0 radical (unpaired) electrons. The summed E-state index contributed by atoms with van der Waals surface area (Å²) in [6.45, 7) is 3.89. The molecular weight excluding hydrogens is 585 g/mol. The lowest BCUT2D eigenvalue weighted by atomic mass is 9.96. The number of hydrogen-bond donors (Lipinski definition) is 3. The maximum absolute atomic E-state index is 15.6. The number of hydrogen-bond acceptors (Lipinski definition) is 6. The van der Waals surface area contributed by atoms with E-state index in [2.05, 4.69) is 17.2 Å². The van der Waals surface area contributed by atoms with E-state index in [0.717, 1.165) is 30.7 Å². The van der Waals surface area contributed by atoms with Crippen molar-refractivity contribution >= 4 is 47.8 Å². The van der Waals surface area contributed by atoms with Gasteiger partial charge in [-0.1, -0.05) is 6.92 Å². The second kappa shape index (κ2) is 13.2. The Morgan fingerprint density at radius 1 is 1.00 bits per heavy atom. The number of aromatic nitrogens is 1. The first kappa shape index (κ1) is 32.4. The van der Waals surface area contributed by atoms with E-state index in [1.54, 1.807) is 17.2 Å². The lowest BCUT2D eigenvalue weighted by Crippen LogP contribution is -2.46. The molecule has 1 unspecified atom stereocenters. The summed E-state index contributed by atoms with van der Waals surface area (Å²) < 4.78 is 60.7. The summed E-state index contributed by atoms with van der Waals surface area (Å²) in [5.74, 6) is -5.60. The van der Waals surface area contributed by atoms with Crippen LogP contribution in [0.15, 0.2) is 42.7 Å². The van der Waals surface area contributed by atoms with Crippen molar-refractivity contribution in [3.05, 3.63) is 71.6 Å². The summed E-state index contributed by atoms with van der Waals surface area (Å²) >= 11 is 0. The van der Waals surface area contributed by atoms with E-state index in [0.29, 0.717) is 43.3 Å². The molecule has 5 rings (SSSR count). The van der Waals surface area contributed by atoms with E-state index in [1.165, 1.54) is 6.20 Å². The lowest BCUT2D eigenvalue weighted by molar-refractivity contribution is 0.102. The van der Waals surface area contributed by atoms with E-state index in [-0.39, 0.29) is 43.1 Å². The Balaban J connectivity index is 0.00000231. The first-order valence-corrected chi connectivity index (χ1v) is 12.8. The van der Waals surface area contributed by atoms with Gasteiger partial charge in [0, 0.05) is 44.1 Å². The van der Waals surface area contributed by atoms with Crippen LogP contribution in [0.4, 0.5) is 34.6 Å². The van der Waals surface area contributed by atoms with Crippen LogP contribution in [0.5, 0.6) is 0 Å². The topological polar surface area (TPSA) is 94.7 Å². The normalized spacial score (nSPS) is 20.3. The summed E-state index contributed by atoms with van der Waals surface area (Å²) in [5, 5.41) is 12.3. The molecule has 4 N–H and O–H groups in total. The number of β-amino-alcohol motifs (C(OH)–C–C–N with tert-alkyl or cyclic N) is 1. The van der Waals surface area contributed by atoms with Gasteiger partial charge in [-0.15, -0.1) is 24.8 Å². The predicted octanol–water partition coefficient (Wildman–Crippen LogP) is 5.15. The number of nitrogens with zero attached hydrogens (tertiary/aromatic N) is 3. The van der Waals surface area contributed by atoms with Gasteiger partial charge in [0.05, 0.1) is 40.4 Å². The van der Waals surface area contributed by atoms with Crippen molar-refractivity contribution in [2.24, 2.45) is 11.7 Å². The van der Waals surface area contributed by atoms with E-state index in [9.17, 15) is 14.3 Å². The third kappa shape index (κ3) is 6.69. The highest BCUT2D eigenvalue weighted by atomic mass is 35.5. The number of rotatable bonds is 5. The maximum Gasteiger partial charge on any atom is 0.258 e. The molecular formula is C28H31Cl2F4N5O2. The number of carbonyl (C=O) groups is 1. The molecule has 0 bridgehead atoms. The van der Waals surface area contributed by atoms with Crippen molar-refractivity contribution in [3.63, 3.8) is 0 Å². The molecule has 3 aromatic rings. The first-order chi connectivity index (χ1) is 18.6. The summed E-state index contributed by atoms with van der Waals surface area (Å²) in [6.07, 6.45) is 3.64. The van der Waals surface area contributed by atoms with Crippen LogP contribution in [0.25, 0.3) is 11.1 Å². The summed E-state index contributed by atoms with van der Waals surface area (Å²) in [7, 11) is 0. The Morgan fingerprint density at radius 2 is 1.71 bits per heavy atom. The minimum Gasteiger partial charge on any atom is -0.391 e. The van der Waals surface area contributed by atoms with Crippen LogP contribution >= 0.6 is 24.8 Å². The highest BCUT2D eigenvalue weighted by molar-refractivity contribution is 6.06. The fourth-order valence-corrected chi connectivity index (χ4v) is 5.46. The van der Waals surface area contributed by atoms with Crippen LogP contribution in [-0.2, 0) is 0 Å². The Kier molecular flexibility index (Phi) is 10.5. The maximum atomic E-state index is 15.6. The molecule has 1 aromatic heterocycles. The van der Waals surface area contributed by atoms with Crippen LogP contribution in [0.3, 0.4) is 0 Å². The summed E-state index contributed by atoms with van der Waals surface area (Å²) in [4.78, 5) is 20.8. The van der Waals surface area contributed by atoms with Crippen LogP contribution in [0.2, 0.25) is 0 Å². The van der Waals surface area contributed by atoms with Crippen LogP contribution in [-0.4, -0.2) is 54.3 Å². The highest BCUT2D eigenvalue weighted by Crippen LogP contribution is 2.36. The number of carbonyl (C=O) groups excluding carboxylic acids is 1. The Morgan fingerprint density at radius 3 is 2.34 bits per heavy atom. The number of nitrogens with one attached hydrogen (secondary N) is 1. The fraction of sp³-hybridized carbons (Fsp3) is 0.357. The molecule has 41 heavy (non-hydrogen) atoms. The van der Waals surface area contributed by atoms with Crippen LogP contribution in [0, 0.1) is 29.2 Å². The zero-order chi connectivity index (χ0) is 27.8. The second-order valence-electron chi connectivity index (χ2n) is 10.3. The number of benzene rings is 2. The molecule has 7 nitrogen and oxygen atoms in total. The van der Waals surface area contributed by atoms with Crippen LogP contribution < -0.4 is 20.9 Å². The SMILES string of the molecule is C[C@@H]1C[C@H](N)CN(c2ccncc2NC(=O)c2ccc(F)c(-c3c(F)cc(N4CCC(O)C4)cc3F)c2F)C1.Cl.Cl. The van der Waals surface area contributed by atoms with E-state index < -0.39 is 52.0 Å². The number of pyridine rings is 1. The third-order valence-corrected chi connectivity index (χ3v) is 7.22. The van der Waals surface area contributed by atoms with Gasteiger partial charge in [0.2, 0.25) is 0 Å². The zero-order valence-electron chi connectivity index (χ0n) is 22.1. The van der Waals surface area contributed by atoms with E-state index in [1.807, 2.05) is 4.90 Å². The second-order valence-corrected chi connectivity index (χ2v) is 10.3. The monoisotopic (exact) mass is 615 g/mol. The Hall–Kier alpha value is -3.12. The van der Waals surface area contributed by atoms with Crippen molar-refractivity contribution in [1.82, 2.24) is 4.98 Å². The molecule has 13 heteroatoms. The van der Waals surface area contributed by atoms with Gasteiger partial charge in [-0.3, -0.25) is 9.78 Å². The minimum atomic E-state index is -1.39. The number of amides is 1. The lowest BCUT2D eigenvalue weighted by Gasteiger charge is -2.37. The molecule has 3 heterocycles. The van der Waals surface area contributed by atoms with Gasteiger partial charge in [0.25, 0.3) is 5.91 Å². The number of aliphatic hydroxyl groups is 1. The number of halogens is 6. The van der Waals surface area contributed by atoms with Crippen molar-refractivity contribution in [3.8, 4) is 11.1 Å². The summed E-state index contributed by atoms with van der Waals surface area (Å²) in [6, 6.07) is 5.30. The van der Waals surface area contributed by atoms with E-state index >= 15 is 13.2 Å². The number of anilines is 3. The number of aliphatic hydroxyl groups excluding tert-OH is 1. The van der Waals surface area contributed by atoms with Gasteiger partial charge < -0.3 is 26.0 Å². The Bertz CT molecular complexity index is 1380. The average Bonchev–Trinajstić information content (AvgIpc) is 3.31. The predicted molar refractivity (Wildman–Crippen MR) is 155 cm³/mol. The van der Waals surface area contributed by atoms with Gasteiger partial charge >= 0.3 is 0 Å². The fourth-order valence-electron chi connectivity index (χ4n) is 5.46. The summed E-state index contributed by atoms with van der Waals surface area (Å²) in [5.41, 5.74) is 4.78. The average molecular weight is 616 g/mol. The van der Waals surface area contributed by atoms with Crippen molar-refractivity contribution in [1.29, 1.82) is 0 Å². The zero-order valence-corrected chi connectivity index (χ0v) is 23.8. The number of nitrogens with two attached hydrogens (primary N) is 1. The number of piperidine rings is 1. The largest absolute Gasteiger partial charge is 0.391 e.